The Kier molecular flexibility index (Phi) is 2.48. The fourth-order valence-electron chi connectivity index (χ4n) is 3.33. The van der Waals surface area contributed by atoms with Crippen molar-refractivity contribution < 1.29 is 9.53 Å². The molecule has 5 nitrogen and oxygen atoms in total. The van der Waals surface area contributed by atoms with Crippen LogP contribution in [0.25, 0.3) is 0 Å². The van der Waals surface area contributed by atoms with E-state index >= 15 is 0 Å². The number of rotatable bonds is 2. The molecule has 1 saturated carbocycles. The Morgan fingerprint density at radius 3 is 3.00 bits per heavy atom. The van der Waals surface area contributed by atoms with Crippen LogP contribution in [0.2, 0.25) is 0 Å². The van der Waals surface area contributed by atoms with E-state index in [1.165, 1.54) is 11.1 Å². The van der Waals surface area contributed by atoms with E-state index in [0.717, 1.165) is 13.0 Å². The van der Waals surface area contributed by atoms with Crippen LogP contribution in [0.4, 0.5) is 0 Å². The molecule has 2 aliphatic heterocycles. The van der Waals surface area contributed by atoms with Gasteiger partial charge in [0.05, 0.1) is 13.2 Å². The largest absolute Gasteiger partial charge is 0.367 e. The van der Waals surface area contributed by atoms with E-state index in [-0.39, 0.29) is 23.5 Å². The second kappa shape index (κ2) is 4.12. The molecule has 2 heterocycles. The van der Waals surface area contributed by atoms with Crippen LogP contribution in [-0.4, -0.2) is 35.1 Å². The summed E-state index contributed by atoms with van der Waals surface area (Å²) in [6.45, 7) is 3.52. The van der Waals surface area contributed by atoms with Crippen molar-refractivity contribution in [1.29, 1.82) is 0 Å². The Morgan fingerprint density at radius 1 is 1.45 bits per heavy atom. The van der Waals surface area contributed by atoms with Gasteiger partial charge < -0.3 is 4.74 Å². The molecule has 1 saturated heterocycles. The van der Waals surface area contributed by atoms with Crippen LogP contribution in [0.5, 0.6) is 0 Å². The van der Waals surface area contributed by atoms with Crippen LogP contribution in [0, 0.1) is 6.92 Å². The average Bonchev–Trinajstić information content (AvgIpc) is 3.09. The first-order valence-electron chi connectivity index (χ1n) is 7.08. The van der Waals surface area contributed by atoms with Crippen LogP contribution in [-0.2, 0) is 16.1 Å². The van der Waals surface area contributed by atoms with Crippen LogP contribution < -0.4 is 0 Å². The van der Waals surface area contributed by atoms with Crippen molar-refractivity contribution in [3.8, 4) is 0 Å². The topological polar surface area (TPSA) is 57.6 Å². The molecule has 1 aliphatic carbocycles. The normalized spacial score (nSPS) is 34.6. The highest BCUT2D eigenvalue weighted by Gasteiger charge is 2.62. The molecule has 3 atom stereocenters. The molecular weight excluding hydrogens is 254 g/mol. The smallest absolute Gasteiger partial charge is 0.161 e. The SMILES string of the molecule is Cc1ccccc1CN1N=NC2C(=O)CCC3(CO3)C21. The van der Waals surface area contributed by atoms with Crippen LogP contribution >= 0.6 is 0 Å². The third-order valence-corrected chi connectivity index (χ3v) is 4.68. The van der Waals surface area contributed by atoms with Gasteiger partial charge in [-0.15, -0.1) is 0 Å². The molecule has 0 bridgehead atoms. The van der Waals surface area contributed by atoms with E-state index in [4.69, 9.17) is 4.74 Å². The van der Waals surface area contributed by atoms with Crippen LogP contribution in [0.15, 0.2) is 34.6 Å². The summed E-state index contributed by atoms with van der Waals surface area (Å²) < 4.78 is 5.68. The van der Waals surface area contributed by atoms with Crippen molar-refractivity contribution in [3.63, 3.8) is 0 Å². The molecule has 104 valence electrons. The zero-order chi connectivity index (χ0) is 13.7. The van der Waals surface area contributed by atoms with Crippen molar-refractivity contribution in [2.75, 3.05) is 6.61 Å². The van der Waals surface area contributed by atoms with E-state index in [2.05, 4.69) is 29.4 Å². The summed E-state index contributed by atoms with van der Waals surface area (Å²) in [6, 6.07) is 7.92. The Balaban J connectivity index is 1.62. The van der Waals surface area contributed by atoms with Crippen molar-refractivity contribution in [2.45, 2.75) is 44.0 Å². The Bertz CT molecular complexity index is 595. The predicted octanol–water partition coefficient (Wildman–Crippen LogP) is 2.05. The number of epoxide rings is 1. The number of nitrogens with zero attached hydrogens (tertiary/aromatic N) is 3. The van der Waals surface area contributed by atoms with Gasteiger partial charge in [-0.2, -0.15) is 5.11 Å². The van der Waals surface area contributed by atoms with Gasteiger partial charge in [0.2, 0.25) is 0 Å². The van der Waals surface area contributed by atoms with Gasteiger partial charge in [0.1, 0.15) is 11.6 Å². The maximum absolute atomic E-state index is 12.0. The zero-order valence-corrected chi connectivity index (χ0v) is 11.5. The molecule has 0 amide bonds. The number of ketones is 1. The monoisotopic (exact) mass is 271 g/mol. The highest BCUT2D eigenvalue weighted by Crippen LogP contribution is 2.47. The molecule has 5 heteroatoms. The summed E-state index contributed by atoms with van der Waals surface area (Å²) in [5, 5.41) is 10.4. The first-order valence-corrected chi connectivity index (χ1v) is 7.08. The van der Waals surface area contributed by atoms with Crippen molar-refractivity contribution in [1.82, 2.24) is 5.01 Å². The van der Waals surface area contributed by atoms with Crippen LogP contribution in [0.1, 0.15) is 24.0 Å². The molecule has 3 unspecified atom stereocenters. The summed E-state index contributed by atoms with van der Waals surface area (Å²) in [7, 11) is 0. The van der Waals surface area contributed by atoms with Crippen molar-refractivity contribution >= 4 is 5.78 Å². The lowest BCUT2D eigenvalue weighted by atomic mass is 9.80. The van der Waals surface area contributed by atoms with Gasteiger partial charge in [-0.25, -0.2) is 0 Å². The fraction of sp³-hybridized carbons (Fsp3) is 0.533. The van der Waals surface area contributed by atoms with Gasteiger partial charge in [0, 0.05) is 6.42 Å². The Hall–Kier alpha value is -1.75. The Labute approximate surface area is 117 Å². The summed E-state index contributed by atoms with van der Waals surface area (Å²) in [6.07, 6.45) is 1.38. The van der Waals surface area contributed by atoms with Gasteiger partial charge in [0.25, 0.3) is 0 Å². The molecular formula is C15H17N3O2. The lowest BCUT2D eigenvalue weighted by Crippen LogP contribution is -2.53. The van der Waals surface area contributed by atoms with Crippen LogP contribution in [0.3, 0.4) is 0 Å². The van der Waals surface area contributed by atoms with E-state index in [1.54, 1.807) is 0 Å². The molecule has 3 aliphatic rings. The van der Waals surface area contributed by atoms with Gasteiger partial charge in [-0.3, -0.25) is 9.80 Å². The third-order valence-electron chi connectivity index (χ3n) is 4.68. The molecule has 1 aromatic carbocycles. The molecule has 4 rings (SSSR count). The summed E-state index contributed by atoms with van der Waals surface area (Å²) in [4.78, 5) is 12.0. The molecule has 0 N–H and O–H groups in total. The fourth-order valence-corrected chi connectivity index (χ4v) is 3.33. The molecule has 0 radical (unpaired) electrons. The summed E-state index contributed by atoms with van der Waals surface area (Å²) in [5.41, 5.74) is 2.28. The predicted molar refractivity (Wildman–Crippen MR) is 72.1 cm³/mol. The second-order valence-corrected chi connectivity index (χ2v) is 5.94. The number of carbonyl (C=O) groups is 1. The van der Waals surface area contributed by atoms with Gasteiger partial charge in [-0.1, -0.05) is 29.5 Å². The first kappa shape index (κ1) is 12.0. The molecule has 1 aromatic rings. The number of hydrogen-bond acceptors (Lipinski definition) is 5. The quantitative estimate of drug-likeness (QED) is 0.773. The minimum Gasteiger partial charge on any atom is -0.367 e. The maximum Gasteiger partial charge on any atom is 0.161 e. The minimum atomic E-state index is -0.324. The van der Waals surface area contributed by atoms with Gasteiger partial charge >= 0.3 is 0 Å². The standard InChI is InChI=1S/C15H17N3O2/c1-10-4-2-3-5-11(10)8-18-14-13(16-17-18)12(19)6-7-15(14)9-20-15/h2-5,13-14H,6-9H2,1H3. The number of carbonyl (C=O) groups excluding carboxylic acids is 1. The van der Waals surface area contributed by atoms with Gasteiger partial charge in [0.15, 0.2) is 11.8 Å². The van der Waals surface area contributed by atoms with E-state index in [0.29, 0.717) is 13.0 Å². The summed E-state index contributed by atoms with van der Waals surface area (Å²) in [5.74, 6) is 0.201. The average molecular weight is 271 g/mol. The van der Waals surface area contributed by atoms with E-state index in [1.807, 2.05) is 17.1 Å². The van der Waals surface area contributed by atoms with E-state index < -0.39 is 0 Å². The Morgan fingerprint density at radius 2 is 2.25 bits per heavy atom. The number of aryl methyl sites for hydroxylation is 1. The minimum absolute atomic E-state index is 0.0108. The lowest BCUT2D eigenvalue weighted by molar-refractivity contribution is -0.124. The van der Waals surface area contributed by atoms with Crippen molar-refractivity contribution in [3.05, 3.63) is 35.4 Å². The molecule has 20 heavy (non-hydrogen) atoms. The highest BCUT2D eigenvalue weighted by atomic mass is 16.6. The zero-order valence-electron chi connectivity index (χ0n) is 11.5. The maximum atomic E-state index is 12.0. The number of Topliss-reactive ketones (excluding diaryl/α,β-unsaturated/α-hetero) is 1. The molecule has 2 fully saturated rings. The molecule has 1 spiro atoms. The first-order chi connectivity index (χ1) is 9.70. The number of ether oxygens (including phenoxy) is 1. The lowest BCUT2D eigenvalue weighted by Gasteiger charge is -2.33. The third kappa shape index (κ3) is 1.69. The summed E-state index contributed by atoms with van der Waals surface area (Å²) >= 11 is 0. The van der Waals surface area contributed by atoms with Crippen molar-refractivity contribution in [2.24, 2.45) is 10.3 Å². The highest BCUT2D eigenvalue weighted by molar-refractivity contribution is 5.86. The molecule has 0 aromatic heterocycles. The second-order valence-electron chi connectivity index (χ2n) is 5.94. The number of fused-ring (bicyclic) bond motifs is 2. The number of hydrogen-bond donors (Lipinski definition) is 0. The van der Waals surface area contributed by atoms with Gasteiger partial charge in [-0.05, 0) is 24.5 Å². The number of benzene rings is 1. The van der Waals surface area contributed by atoms with E-state index in [9.17, 15) is 4.79 Å².